The van der Waals surface area contributed by atoms with Gasteiger partial charge in [0.25, 0.3) is 0 Å². The van der Waals surface area contributed by atoms with Gasteiger partial charge in [0.05, 0.1) is 30.8 Å². The molecule has 5 aliphatic carbocycles. The Labute approximate surface area is 328 Å². The summed E-state index contributed by atoms with van der Waals surface area (Å²) < 4.78 is 23.2. The number of rotatable bonds is 6. The molecule has 6 fully saturated rings. The minimum Gasteiger partial charge on any atom is -0.481 e. The predicted octanol–water partition coefficient (Wildman–Crippen LogP) is 0.991. The van der Waals surface area contributed by atoms with E-state index >= 15 is 0 Å². The first-order valence-electron chi connectivity index (χ1n) is 20.5. The van der Waals surface area contributed by atoms with Crippen molar-refractivity contribution in [1.82, 2.24) is 0 Å². The zero-order valence-corrected chi connectivity index (χ0v) is 33.4. The lowest BCUT2D eigenvalue weighted by atomic mass is 9.33. The maximum absolute atomic E-state index is 14.6. The molecule has 7 rings (SSSR count). The lowest BCUT2D eigenvalue weighted by molar-refractivity contribution is -0.308. The van der Waals surface area contributed by atoms with E-state index in [-0.39, 0.29) is 30.3 Å². The van der Waals surface area contributed by atoms with Gasteiger partial charge in [-0.2, -0.15) is 0 Å². The van der Waals surface area contributed by atoms with Crippen molar-refractivity contribution in [2.24, 2.45) is 50.2 Å². The summed E-state index contributed by atoms with van der Waals surface area (Å²) in [5.74, 6) is -2.57. The Morgan fingerprint density at radius 1 is 0.804 bits per heavy atom. The summed E-state index contributed by atoms with van der Waals surface area (Å²) >= 11 is 0. The Balaban J connectivity index is 1.21. The van der Waals surface area contributed by atoms with E-state index in [0.717, 1.165) is 5.57 Å². The van der Waals surface area contributed by atoms with Gasteiger partial charge in [0.15, 0.2) is 6.29 Å². The van der Waals surface area contributed by atoms with Crippen LogP contribution in [0.3, 0.4) is 0 Å². The topological polar surface area (TPSA) is 253 Å². The van der Waals surface area contributed by atoms with Crippen molar-refractivity contribution in [3.05, 3.63) is 11.6 Å². The van der Waals surface area contributed by atoms with Gasteiger partial charge in [-0.05, 0) is 104 Å². The van der Waals surface area contributed by atoms with E-state index in [4.69, 9.17) is 18.9 Å². The van der Waals surface area contributed by atoms with Crippen LogP contribution in [0, 0.1) is 50.2 Å². The molecule has 15 nitrogen and oxygen atoms in total. The number of aliphatic carboxylic acids is 1. The first-order chi connectivity index (χ1) is 26.0. The molecule has 9 N–H and O–H groups in total. The molecule has 19 atom stereocenters. The van der Waals surface area contributed by atoms with Crippen molar-refractivity contribution in [3.63, 3.8) is 0 Å². The summed E-state index contributed by atoms with van der Waals surface area (Å²) in [5, 5.41) is 95.7. The number of carbonyl (C=O) groups is 2. The van der Waals surface area contributed by atoms with Gasteiger partial charge in [-0.25, -0.2) is 0 Å². The van der Waals surface area contributed by atoms with Crippen LogP contribution in [-0.4, -0.2) is 139 Å². The van der Waals surface area contributed by atoms with Crippen LogP contribution in [0.4, 0.5) is 0 Å². The molecule has 2 heterocycles. The van der Waals surface area contributed by atoms with Gasteiger partial charge >= 0.3 is 11.9 Å². The molecule has 0 amide bonds. The number of carboxylic acid groups (broad SMARTS) is 1. The molecule has 0 spiro atoms. The highest BCUT2D eigenvalue weighted by Crippen LogP contribution is 2.76. The Kier molecular flexibility index (Phi) is 10.7. The first-order valence-corrected chi connectivity index (χ1v) is 20.5. The Bertz CT molecular complexity index is 1570. The summed E-state index contributed by atoms with van der Waals surface area (Å²) in [6.07, 6.45) is -8.96. The minimum absolute atomic E-state index is 0.00650. The summed E-state index contributed by atoms with van der Waals surface area (Å²) in [4.78, 5) is 28.0. The van der Waals surface area contributed by atoms with Gasteiger partial charge in [-0.1, -0.05) is 46.3 Å². The van der Waals surface area contributed by atoms with Crippen LogP contribution in [-0.2, 0) is 28.5 Å². The molecule has 0 aromatic carbocycles. The smallest absolute Gasteiger partial charge is 0.317 e. The molecule has 0 radical (unpaired) electrons. The second kappa shape index (κ2) is 14.2. The molecular formula is C41H64O15. The van der Waals surface area contributed by atoms with E-state index in [1.165, 1.54) is 0 Å². The molecule has 0 aromatic heterocycles. The maximum atomic E-state index is 14.6. The molecule has 0 aromatic rings. The van der Waals surface area contributed by atoms with Gasteiger partial charge < -0.3 is 64.9 Å². The molecule has 7 aliphatic rings. The lowest BCUT2D eigenvalue weighted by Crippen LogP contribution is -2.69. The first kappa shape index (κ1) is 42.4. The number of carboxylic acids is 1. The molecule has 318 valence electrons. The number of aliphatic hydroxyl groups is 8. The van der Waals surface area contributed by atoms with Crippen LogP contribution >= 0.6 is 0 Å². The van der Waals surface area contributed by atoms with Crippen molar-refractivity contribution in [1.29, 1.82) is 0 Å². The van der Waals surface area contributed by atoms with Crippen molar-refractivity contribution in [2.45, 2.75) is 167 Å². The third-order valence-electron chi connectivity index (χ3n) is 17.0. The SMILES string of the molecule is CC1(C)CC[C@]2(C(=O)O[C@H]3O[C@@H](CO)[C@H](O)[C@@H](O)[C@@H]3O)[C@H](C1)C1=CCC3[C@]4(C)CC[C@@H](O[C@H]5OC[C@H](O)[C@@H](O)[C@@H]5O)[C@](C)(C(=O)O)C4CC[C@]3(C)[C@@]1(C)C[C@@H]2O. The number of aliphatic hydroxyl groups excluding tert-OH is 8. The van der Waals surface area contributed by atoms with E-state index in [9.17, 15) is 55.5 Å². The van der Waals surface area contributed by atoms with E-state index in [1.807, 2.05) is 0 Å². The van der Waals surface area contributed by atoms with Crippen LogP contribution in [0.25, 0.3) is 0 Å². The molecule has 2 unspecified atom stereocenters. The average molecular weight is 797 g/mol. The molecule has 2 saturated heterocycles. The Morgan fingerprint density at radius 3 is 2.14 bits per heavy atom. The van der Waals surface area contributed by atoms with E-state index < -0.39 is 119 Å². The third kappa shape index (κ3) is 5.92. The normalized spacial score (nSPS) is 54.0. The van der Waals surface area contributed by atoms with Crippen LogP contribution in [0.2, 0.25) is 0 Å². The zero-order valence-electron chi connectivity index (χ0n) is 33.4. The molecule has 4 saturated carbocycles. The number of esters is 1. The van der Waals surface area contributed by atoms with Crippen LogP contribution in [0.1, 0.15) is 99.3 Å². The number of fused-ring (bicyclic) bond motifs is 7. The number of ether oxygens (including phenoxy) is 4. The number of hydrogen-bond acceptors (Lipinski definition) is 14. The second-order valence-electron chi connectivity index (χ2n) is 20.1. The van der Waals surface area contributed by atoms with Crippen molar-refractivity contribution in [3.8, 4) is 0 Å². The summed E-state index contributed by atoms with van der Waals surface area (Å²) in [5.41, 5.74) is -3.40. The van der Waals surface area contributed by atoms with Gasteiger partial charge in [0, 0.05) is 0 Å². The lowest BCUT2D eigenvalue weighted by Gasteiger charge is -2.71. The van der Waals surface area contributed by atoms with E-state index in [0.29, 0.717) is 51.4 Å². The van der Waals surface area contributed by atoms with Crippen LogP contribution in [0.15, 0.2) is 11.6 Å². The van der Waals surface area contributed by atoms with Crippen LogP contribution in [0.5, 0.6) is 0 Å². The fourth-order valence-corrected chi connectivity index (χ4v) is 13.3. The highest BCUT2D eigenvalue weighted by Gasteiger charge is 2.73. The second-order valence-corrected chi connectivity index (χ2v) is 20.1. The molecule has 0 bridgehead atoms. The quantitative estimate of drug-likeness (QED) is 0.103. The van der Waals surface area contributed by atoms with Crippen molar-refractivity contribution >= 4 is 11.9 Å². The third-order valence-corrected chi connectivity index (χ3v) is 17.0. The molecule has 15 heteroatoms. The van der Waals surface area contributed by atoms with Crippen molar-refractivity contribution < 1.29 is 74.5 Å². The number of allylic oxidation sites excluding steroid dienone is 2. The Morgan fingerprint density at radius 2 is 1.48 bits per heavy atom. The van der Waals surface area contributed by atoms with Gasteiger partial charge in [0.1, 0.15) is 48.1 Å². The van der Waals surface area contributed by atoms with Crippen LogP contribution < -0.4 is 0 Å². The maximum Gasteiger partial charge on any atom is 0.317 e. The zero-order chi connectivity index (χ0) is 41.1. The van der Waals surface area contributed by atoms with Gasteiger partial charge in [-0.3, -0.25) is 9.59 Å². The van der Waals surface area contributed by atoms with Gasteiger partial charge in [-0.15, -0.1) is 0 Å². The van der Waals surface area contributed by atoms with Gasteiger partial charge in [0.2, 0.25) is 6.29 Å². The van der Waals surface area contributed by atoms with E-state index in [2.05, 4.69) is 40.7 Å². The number of carbonyl (C=O) groups excluding carboxylic acids is 1. The minimum atomic E-state index is -1.78. The molecular weight excluding hydrogens is 732 g/mol. The predicted molar refractivity (Wildman–Crippen MR) is 195 cm³/mol. The summed E-state index contributed by atoms with van der Waals surface area (Å²) in [7, 11) is 0. The largest absolute Gasteiger partial charge is 0.481 e. The monoisotopic (exact) mass is 796 g/mol. The Hall–Kier alpha value is -1.76. The molecule has 56 heavy (non-hydrogen) atoms. The van der Waals surface area contributed by atoms with E-state index in [1.54, 1.807) is 6.92 Å². The number of hydrogen-bond donors (Lipinski definition) is 9. The average Bonchev–Trinajstić information content (AvgIpc) is 3.13. The molecule has 2 aliphatic heterocycles. The summed E-state index contributed by atoms with van der Waals surface area (Å²) in [6, 6.07) is 0. The fourth-order valence-electron chi connectivity index (χ4n) is 13.3. The highest BCUT2D eigenvalue weighted by molar-refractivity contribution is 5.80. The standard InChI is InChI=1S/C41H64O15/c1-36(2)13-14-41(35(52)56-33-31(49)29(47)28(46)22(17-42)54-33)20(15-36)19-7-8-23-37(3)11-10-26(55-32-30(48)27(45)21(43)18-53-32)40(6,34(50)51)24(37)9-12-38(23,4)39(19,5)16-25(41)44/h7,20-33,42-49H,8-18H2,1-6H3,(H,50,51)/t20-,21+,22+,23?,24?,25+,26-,27-,28+,29-,30+,31+,32-,33-,37+,38+,39+,40-,41+/m1/s1. The van der Waals surface area contributed by atoms with Crippen molar-refractivity contribution in [2.75, 3.05) is 13.2 Å². The summed E-state index contributed by atoms with van der Waals surface area (Å²) in [6.45, 7) is 11.7. The highest BCUT2D eigenvalue weighted by atomic mass is 16.7. The fraction of sp³-hybridized carbons (Fsp3) is 0.902.